The molecular weight excluding hydrogens is 122 g/mol. The van der Waals surface area contributed by atoms with Crippen molar-refractivity contribution in [2.75, 3.05) is 0 Å². The number of nitrogens with one attached hydrogen (secondary N) is 1. The van der Waals surface area contributed by atoms with Crippen molar-refractivity contribution in [3.63, 3.8) is 0 Å². The molecule has 1 heteroatoms. The molecule has 0 saturated carbocycles. The monoisotopic (exact) mass is 139 g/mol. The van der Waals surface area contributed by atoms with Crippen molar-refractivity contribution in [3.8, 4) is 0 Å². The second-order valence-electron chi connectivity index (χ2n) is 4.19. The molecule has 0 aromatic rings. The van der Waals surface area contributed by atoms with Crippen LogP contribution in [0, 0.1) is 11.8 Å². The van der Waals surface area contributed by atoms with E-state index >= 15 is 0 Å². The smallest absolute Gasteiger partial charge is 0.0101 e. The van der Waals surface area contributed by atoms with Crippen molar-refractivity contribution < 1.29 is 0 Å². The zero-order valence-corrected chi connectivity index (χ0v) is 6.93. The minimum Gasteiger partial charge on any atom is -0.311 e. The van der Waals surface area contributed by atoms with Gasteiger partial charge < -0.3 is 5.32 Å². The van der Waals surface area contributed by atoms with Crippen LogP contribution in [0.5, 0.6) is 0 Å². The maximum Gasteiger partial charge on any atom is 0.0101 e. The molecule has 3 atom stereocenters. The molecule has 2 rings (SSSR count). The number of hydrogen-bond donors (Lipinski definition) is 1. The summed E-state index contributed by atoms with van der Waals surface area (Å²) in [6.07, 6.45) is 4.32. The van der Waals surface area contributed by atoms with E-state index < -0.39 is 0 Å². The number of hydrogen-bond acceptors (Lipinski definition) is 1. The molecule has 0 aromatic carbocycles. The van der Waals surface area contributed by atoms with Gasteiger partial charge in [-0.1, -0.05) is 13.8 Å². The fourth-order valence-corrected chi connectivity index (χ4v) is 2.60. The van der Waals surface area contributed by atoms with E-state index in [2.05, 4.69) is 19.2 Å². The predicted octanol–water partition coefficient (Wildman–Crippen LogP) is 1.78. The molecule has 0 spiro atoms. The summed E-state index contributed by atoms with van der Waals surface area (Å²) in [7, 11) is 0. The Morgan fingerprint density at radius 3 is 2.40 bits per heavy atom. The topological polar surface area (TPSA) is 12.0 Å². The van der Waals surface area contributed by atoms with Gasteiger partial charge in [-0.3, -0.25) is 0 Å². The molecule has 2 aliphatic heterocycles. The molecule has 0 radical (unpaired) electrons. The van der Waals surface area contributed by atoms with Gasteiger partial charge in [-0.05, 0) is 31.1 Å². The molecule has 1 nitrogen and oxygen atoms in total. The first-order chi connectivity index (χ1) is 4.77. The first-order valence-corrected chi connectivity index (χ1v) is 4.53. The molecule has 0 aromatic heterocycles. The highest BCUT2D eigenvalue weighted by atomic mass is 15.0. The molecule has 10 heavy (non-hydrogen) atoms. The lowest BCUT2D eigenvalue weighted by molar-refractivity contribution is 0.311. The molecule has 2 saturated heterocycles. The van der Waals surface area contributed by atoms with E-state index in [0.29, 0.717) is 0 Å². The summed E-state index contributed by atoms with van der Waals surface area (Å²) < 4.78 is 0. The summed E-state index contributed by atoms with van der Waals surface area (Å²) in [4.78, 5) is 0. The lowest BCUT2D eigenvalue weighted by Gasteiger charge is -2.23. The Kier molecular flexibility index (Phi) is 1.48. The van der Waals surface area contributed by atoms with Gasteiger partial charge in [-0.15, -0.1) is 0 Å². The van der Waals surface area contributed by atoms with E-state index in [0.717, 1.165) is 23.9 Å². The van der Waals surface area contributed by atoms with E-state index in [1.165, 1.54) is 19.3 Å². The maximum atomic E-state index is 3.66. The van der Waals surface area contributed by atoms with E-state index in [1.54, 1.807) is 0 Å². The summed E-state index contributed by atoms with van der Waals surface area (Å²) in [6, 6.07) is 1.77. The van der Waals surface area contributed by atoms with Gasteiger partial charge in [0.1, 0.15) is 0 Å². The Bertz CT molecular complexity index is 131. The molecule has 2 unspecified atom stereocenters. The van der Waals surface area contributed by atoms with Gasteiger partial charge in [0.15, 0.2) is 0 Å². The van der Waals surface area contributed by atoms with Gasteiger partial charge in [-0.25, -0.2) is 0 Å². The molecule has 1 N–H and O–H groups in total. The second-order valence-corrected chi connectivity index (χ2v) is 4.19. The lowest BCUT2D eigenvalue weighted by Crippen LogP contribution is -2.25. The number of fused-ring (bicyclic) bond motifs is 2. The standard InChI is InChI=1S/C9H17N/c1-6(2)8-5-7-3-4-9(8)10-7/h6-10H,3-5H2,1-2H3/t7?,8?,9-/m1/s1. The van der Waals surface area contributed by atoms with E-state index in [9.17, 15) is 0 Å². The summed E-state index contributed by atoms with van der Waals surface area (Å²) in [5, 5.41) is 3.66. The summed E-state index contributed by atoms with van der Waals surface area (Å²) in [5.41, 5.74) is 0. The molecule has 58 valence electrons. The van der Waals surface area contributed by atoms with E-state index in [4.69, 9.17) is 0 Å². The summed E-state index contributed by atoms with van der Waals surface area (Å²) in [5.74, 6) is 1.88. The van der Waals surface area contributed by atoms with Crippen molar-refractivity contribution in [2.45, 2.75) is 45.2 Å². The third-order valence-corrected chi connectivity index (χ3v) is 3.21. The Balaban J connectivity index is 2.02. The zero-order valence-electron chi connectivity index (χ0n) is 6.93. The van der Waals surface area contributed by atoms with Gasteiger partial charge in [0.05, 0.1) is 0 Å². The van der Waals surface area contributed by atoms with Crippen LogP contribution in [-0.2, 0) is 0 Å². The van der Waals surface area contributed by atoms with Crippen LogP contribution in [0.25, 0.3) is 0 Å². The molecule has 0 aliphatic carbocycles. The molecule has 2 bridgehead atoms. The van der Waals surface area contributed by atoms with Crippen LogP contribution in [0.3, 0.4) is 0 Å². The van der Waals surface area contributed by atoms with Gasteiger partial charge in [0.25, 0.3) is 0 Å². The Morgan fingerprint density at radius 1 is 1.30 bits per heavy atom. The first kappa shape index (κ1) is 6.66. The first-order valence-electron chi connectivity index (χ1n) is 4.53. The zero-order chi connectivity index (χ0) is 7.14. The summed E-state index contributed by atoms with van der Waals surface area (Å²) in [6.45, 7) is 4.71. The van der Waals surface area contributed by atoms with Gasteiger partial charge in [0, 0.05) is 12.1 Å². The van der Waals surface area contributed by atoms with E-state index in [-0.39, 0.29) is 0 Å². The van der Waals surface area contributed by atoms with Crippen LogP contribution in [-0.4, -0.2) is 12.1 Å². The van der Waals surface area contributed by atoms with Gasteiger partial charge in [0.2, 0.25) is 0 Å². The highest BCUT2D eigenvalue weighted by Gasteiger charge is 2.39. The van der Waals surface area contributed by atoms with Crippen LogP contribution in [0.4, 0.5) is 0 Å². The Morgan fingerprint density at radius 2 is 2.10 bits per heavy atom. The number of rotatable bonds is 1. The quantitative estimate of drug-likeness (QED) is 0.584. The highest BCUT2D eigenvalue weighted by molar-refractivity contribution is 4.97. The Labute approximate surface area is 63.2 Å². The van der Waals surface area contributed by atoms with Crippen molar-refractivity contribution in [2.24, 2.45) is 11.8 Å². The third-order valence-electron chi connectivity index (χ3n) is 3.21. The average Bonchev–Trinajstić information content (AvgIpc) is 2.44. The van der Waals surface area contributed by atoms with Gasteiger partial charge >= 0.3 is 0 Å². The van der Waals surface area contributed by atoms with Crippen LogP contribution in [0.2, 0.25) is 0 Å². The fraction of sp³-hybridized carbons (Fsp3) is 1.00. The second kappa shape index (κ2) is 2.23. The van der Waals surface area contributed by atoms with Crippen LogP contribution in [0.15, 0.2) is 0 Å². The summed E-state index contributed by atoms with van der Waals surface area (Å²) >= 11 is 0. The molecular formula is C9H17N. The molecule has 0 amide bonds. The van der Waals surface area contributed by atoms with Crippen LogP contribution >= 0.6 is 0 Å². The lowest BCUT2D eigenvalue weighted by atomic mass is 9.82. The SMILES string of the molecule is CC(C)C1CC2CC[C@H]1N2. The fourth-order valence-electron chi connectivity index (χ4n) is 2.60. The minimum absolute atomic E-state index is 0.880. The molecule has 2 fully saturated rings. The normalized spacial score (nSPS) is 45.3. The van der Waals surface area contributed by atoms with Crippen LogP contribution in [0.1, 0.15) is 33.1 Å². The third kappa shape index (κ3) is 0.878. The van der Waals surface area contributed by atoms with Crippen LogP contribution < -0.4 is 5.32 Å². The molecule has 2 aliphatic rings. The Hall–Kier alpha value is -0.0400. The van der Waals surface area contributed by atoms with Crippen molar-refractivity contribution >= 4 is 0 Å². The van der Waals surface area contributed by atoms with Crippen molar-refractivity contribution in [1.82, 2.24) is 5.32 Å². The maximum absolute atomic E-state index is 3.66. The van der Waals surface area contributed by atoms with E-state index in [1.807, 2.05) is 0 Å². The van der Waals surface area contributed by atoms with Crippen molar-refractivity contribution in [3.05, 3.63) is 0 Å². The molecule has 2 heterocycles. The van der Waals surface area contributed by atoms with Crippen molar-refractivity contribution in [1.29, 1.82) is 0 Å². The highest BCUT2D eigenvalue weighted by Crippen LogP contribution is 2.37. The predicted molar refractivity (Wildman–Crippen MR) is 42.9 cm³/mol. The minimum atomic E-state index is 0.880. The average molecular weight is 139 g/mol. The largest absolute Gasteiger partial charge is 0.311 e. The van der Waals surface area contributed by atoms with Gasteiger partial charge in [-0.2, -0.15) is 0 Å².